The van der Waals surface area contributed by atoms with Gasteiger partial charge in [0.05, 0.1) is 5.69 Å². The highest BCUT2D eigenvalue weighted by molar-refractivity contribution is 9.09. The lowest BCUT2D eigenvalue weighted by molar-refractivity contribution is 0.448. The molecule has 4 heteroatoms. The quantitative estimate of drug-likeness (QED) is 0.799. The number of piperidine rings is 1. The molecule has 3 nitrogen and oxygen atoms in total. The fourth-order valence-corrected chi connectivity index (χ4v) is 2.92. The third-order valence-electron chi connectivity index (χ3n) is 3.20. The van der Waals surface area contributed by atoms with Gasteiger partial charge in [0.1, 0.15) is 5.82 Å². The van der Waals surface area contributed by atoms with Crippen molar-refractivity contribution >= 4 is 21.7 Å². The minimum atomic E-state index is 0.628. The van der Waals surface area contributed by atoms with Crippen molar-refractivity contribution < 1.29 is 0 Å². The molecule has 0 spiro atoms. The van der Waals surface area contributed by atoms with Crippen LogP contribution in [0.5, 0.6) is 0 Å². The molecule has 1 aliphatic heterocycles. The fraction of sp³-hybridized carbons (Fsp3) is 0.667. The van der Waals surface area contributed by atoms with Gasteiger partial charge in [-0.3, -0.25) is 4.98 Å². The van der Waals surface area contributed by atoms with Gasteiger partial charge in [-0.2, -0.15) is 0 Å². The molecule has 1 unspecified atom stereocenters. The molecule has 0 saturated carbocycles. The van der Waals surface area contributed by atoms with E-state index in [0.717, 1.165) is 23.4 Å². The van der Waals surface area contributed by atoms with Crippen molar-refractivity contribution in [2.45, 2.75) is 38.6 Å². The van der Waals surface area contributed by atoms with E-state index in [9.17, 15) is 0 Å². The van der Waals surface area contributed by atoms with Gasteiger partial charge in [0.25, 0.3) is 0 Å². The lowest BCUT2D eigenvalue weighted by Gasteiger charge is -2.37. The van der Waals surface area contributed by atoms with E-state index < -0.39 is 0 Å². The molecule has 1 atom stereocenters. The number of alkyl halides is 1. The van der Waals surface area contributed by atoms with Crippen molar-refractivity contribution in [1.29, 1.82) is 0 Å². The molecule has 0 aromatic carbocycles. The van der Waals surface area contributed by atoms with Gasteiger partial charge in [-0.15, -0.1) is 0 Å². The molecule has 1 aliphatic rings. The maximum absolute atomic E-state index is 4.48. The summed E-state index contributed by atoms with van der Waals surface area (Å²) in [5, 5.41) is 1.06. The standard InChI is InChI=1S/C12H18BrN3/c1-10-12(15-8-7-14-10)16-9-3-2-4-11(16)5-6-13/h7-8,11H,2-6,9H2,1H3. The van der Waals surface area contributed by atoms with Crippen LogP contribution in [0.15, 0.2) is 12.4 Å². The first-order valence-corrected chi connectivity index (χ1v) is 7.05. The SMILES string of the molecule is Cc1nccnc1N1CCCCC1CCBr. The van der Waals surface area contributed by atoms with E-state index in [1.807, 2.05) is 6.92 Å². The summed E-state index contributed by atoms with van der Waals surface area (Å²) in [4.78, 5) is 11.3. The van der Waals surface area contributed by atoms with E-state index >= 15 is 0 Å². The van der Waals surface area contributed by atoms with E-state index in [4.69, 9.17) is 0 Å². The molecule has 1 saturated heterocycles. The normalized spacial score (nSPS) is 21.1. The van der Waals surface area contributed by atoms with Gasteiger partial charge in [0.2, 0.25) is 0 Å². The van der Waals surface area contributed by atoms with Crippen molar-refractivity contribution in [3.63, 3.8) is 0 Å². The summed E-state index contributed by atoms with van der Waals surface area (Å²) >= 11 is 3.54. The molecule has 2 rings (SSSR count). The number of hydrogen-bond donors (Lipinski definition) is 0. The van der Waals surface area contributed by atoms with Crippen LogP contribution in [0.2, 0.25) is 0 Å². The van der Waals surface area contributed by atoms with Crippen LogP contribution < -0.4 is 4.90 Å². The molecule has 0 radical (unpaired) electrons. The smallest absolute Gasteiger partial charge is 0.150 e. The Morgan fingerprint density at radius 1 is 1.38 bits per heavy atom. The molecular formula is C12H18BrN3. The zero-order valence-electron chi connectivity index (χ0n) is 9.69. The summed E-state index contributed by atoms with van der Waals surface area (Å²) < 4.78 is 0. The molecule has 16 heavy (non-hydrogen) atoms. The molecular weight excluding hydrogens is 266 g/mol. The van der Waals surface area contributed by atoms with Gasteiger partial charge < -0.3 is 4.90 Å². The van der Waals surface area contributed by atoms with E-state index in [-0.39, 0.29) is 0 Å². The summed E-state index contributed by atoms with van der Waals surface area (Å²) in [6.07, 6.45) is 8.64. The highest BCUT2D eigenvalue weighted by atomic mass is 79.9. The van der Waals surface area contributed by atoms with Gasteiger partial charge in [0, 0.05) is 30.3 Å². The Bertz CT molecular complexity index is 341. The Balaban J connectivity index is 2.19. The molecule has 1 aromatic heterocycles. The maximum atomic E-state index is 4.48. The average molecular weight is 284 g/mol. The number of nitrogens with zero attached hydrogens (tertiary/aromatic N) is 3. The molecule has 1 fully saturated rings. The maximum Gasteiger partial charge on any atom is 0.150 e. The largest absolute Gasteiger partial charge is 0.352 e. The van der Waals surface area contributed by atoms with Crippen molar-refractivity contribution in [3.05, 3.63) is 18.1 Å². The second-order valence-electron chi connectivity index (χ2n) is 4.29. The number of rotatable bonds is 3. The molecule has 0 bridgehead atoms. The van der Waals surface area contributed by atoms with Crippen LogP contribution in [-0.2, 0) is 0 Å². The van der Waals surface area contributed by atoms with Crippen molar-refractivity contribution in [1.82, 2.24) is 9.97 Å². The number of hydrogen-bond acceptors (Lipinski definition) is 3. The monoisotopic (exact) mass is 283 g/mol. The van der Waals surface area contributed by atoms with Crippen LogP contribution in [0.4, 0.5) is 5.82 Å². The summed E-state index contributed by atoms with van der Waals surface area (Å²) in [5.41, 5.74) is 1.05. The first-order valence-electron chi connectivity index (χ1n) is 5.93. The van der Waals surface area contributed by atoms with Crippen LogP contribution >= 0.6 is 15.9 Å². The summed E-state index contributed by atoms with van der Waals surface area (Å²) in [7, 11) is 0. The average Bonchev–Trinajstić information content (AvgIpc) is 2.31. The van der Waals surface area contributed by atoms with Gasteiger partial charge in [-0.05, 0) is 32.6 Å². The van der Waals surface area contributed by atoms with Crippen LogP contribution in [0.25, 0.3) is 0 Å². The molecule has 0 amide bonds. The number of aromatic nitrogens is 2. The molecule has 88 valence electrons. The second-order valence-corrected chi connectivity index (χ2v) is 5.08. The Kier molecular flexibility index (Phi) is 4.16. The third kappa shape index (κ3) is 2.54. The molecule has 0 N–H and O–H groups in total. The lowest BCUT2D eigenvalue weighted by Crippen LogP contribution is -2.40. The minimum absolute atomic E-state index is 0.628. The van der Waals surface area contributed by atoms with E-state index in [1.165, 1.54) is 25.7 Å². The summed E-state index contributed by atoms with van der Waals surface area (Å²) in [6, 6.07) is 0.628. The topological polar surface area (TPSA) is 29.0 Å². The van der Waals surface area contributed by atoms with Gasteiger partial charge in [0.15, 0.2) is 0 Å². The number of anilines is 1. The van der Waals surface area contributed by atoms with E-state index in [0.29, 0.717) is 6.04 Å². The van der Waals surface area contributed by atoms with Crippen LogP contribution in [0, 0.1) is 6.92 Å². The Hall–Kier alpha value is -0.640. The van der Waals surface area contributed by atoms with Crippen molar-refractivity contribution in [2.75, 3.05) is 16.8 Å². The highest BCUT2D eigenvalue weighted by Crippen LogP contribution is 2.26. The van der Waals surface area contributed by atoms with Crippen LogP contribution in [0.3, 0.4) is 0 Å². The predicted octanol–water partition coefficient (Wildman–Crippen LogP) is 2.93. The Morgan fingerprint density at radius 2 is 2.19 bits per heavy atom. The van der Waals surface area contributed by atoms with E-state index in [1.54, 1.807) is 12.4 Å². The fourth-order valence-electron chi connectivity index (χ4n) is 2.39. The molecule has 0 aliphatic carbocycles. The van der Waals surface area contributed by atoms with Gasteiger partial charge in [-0.25, -0.2) is 4.98 Å². The Morgan fingerprint density at radius 3 is 2.94 bits per heavy atom. The molecule has 1 aromatic rings. The van der Waals surface area contributed by atoms with Crippen molar-refractivity contribution in [3.8, 4) is 0 Å². The summed E-state index contributed by atoms with van der Waals surface area (Å²) in [6.45, 7) is 3.17. The second kappa shape index (κ2) is 5.62. The highest BCUT2D eigenvalue weighted by Gasteiger charge is 2.24. The first-order chi connectivity index (χ1) is 7.83. The Labute approximate surface area is 105 Å². The van der Waals surface area contributed by atoms with Crippen molar-refractivity contribution in [2.24, 2.45) is 0 Å². The van der Waals surface area contributed by atoms with Gasteiger partial charge >= 0.3 is 0 Å². The van der Waals surface area contributed by atoms with Crippen LogP contribution in [-0.4, -0.2) is 27.9 Å². The number of halogens is 1. The minimum Gasteiger partial charge on any atom is -0.352 e. The predicted molar refractivity (Wildman–Crippen MR) is 70.2 cm³/mol. The molecule has 2 heterocycles. The lowest BCUT2D eigenvalue weighted by atomic mass is 10.00. The first kappa shape index (κ1) is 11.8. The van der Waals surface area contributed by atoms with E-state index in [2.05, 4.69) is 30.8 Å². The van der Waals surface area contributed by atoms with Crippen LogP contribution in [0.1, 0.15) is 31.4 Å². The zero-order valence-corrected chi connectivity index (χ0v) is 11.3. The zero-order chi connectivity index (χ0) is 11.4. The third-order valence-corrected chi connectivity index (χ3v) is 3.65. The summed E-state index contributed by atoms with van der Waals surface area (Å²) in [5.74, 6) is 1.08. The number of aryl methyl sites for hydroxylation is 1. The van der Waals surface area contributed by atoms with Gasteiger partial charge in [-0.1, -0.05) is 15.9 Å².